The highest BCUT2D eigenvalue weighted by atomic mass is 32.2. The molecule has 31 heavy (non-hydrogen) atoms. The molecular weight excluding hydrogens is 426 g/mol. The van der Waals surface area contributed by atoms with Crippen molar-refractivity contribution in [3.8, 4) is 16.3 Å². The van der Waals surface area contributed by atoms with Crippen LogP contribution in [0.3, 0.4) is 0 Å². The summed E-state index contributed by atoms with van der Waals surface area (Å²) in [5.74, 6) is 0. The Kier molecular flexibility index (Phi) is 6.65. The van der Waals surface area contributed by atoms with Gasteiger partial charge in [-0.15, -0.1) is 11.3 Å². The molecule has 0 aliphatic heterocycles. The van der Waals surface area contributed by atoms with Crippen LogP contribution in [0.4, 0.5) is 0 Å². The number of sulfonamides is 1. The molecule has 0 unspecified atom stereocenters. The third kappa shape index (κ3) is 4.79. The maximum atomic E-state index is 13.9. The molecule has 0 N–H and O–H groups in total. The number of thiophene rings is 1. The van der Waals surface area contributed by atoms with Gasteiger partial charge in [0.25, 0.3) is 0 Å². The fourth-order valence-electron chi connectivity index (χ4n) is 3.39. The molecule has 0 fully saturated rings. The van der Waals surface area contributed by atoms with Gasteiger partial charge in [0.15, 0.2) is 0 Å². The first-order chi connectivity index (χ1) is 15.1. The Bertz CT molecular complexity index is 1200. The summed E-state index contributed by atoms with van der Waals surface area (Å²) in [4.78, 5) is 1.08. The number of rotatable bonds is 9. The molecule has 0 amide bonds. The third-order valence-corrected chi connectivity index (χ3v) is 7.76. The van der Waals surface area contributed by atoms with Crippen molar-refractivity contribution in [2.45, 2.75) is 31.2 Å². The summed E-state index contributed by atoms with van der Waals surface area (Å²) in [6.07, 6.45) is 3.36. The molecule has 7 heteroatoms. The summed E-state index contributed by atoms with van der Waals surface area (Å²) < 4.78 is 31.0. The van der Waals surface area contributed by atoms with Crippen LogP contribution < -0.4 is 0 Å². The summed E-state index contributed by atoms with van der Waals surface area (Å²) in [6, 6.07) is 23.1. The fourth-order valence-corrected chi connectivity index (χ4v) is 5.77. The summed E-state index contributed by atoms with van der Waals surface area (Å²) in [5.41, 5.74) is 2.29. The van der Waals surface area contributed by atoms with Gasteiger partial charge in [0.2, 0.25) is 10.0 Å². The van der Waals surface area contributed by atoms with E-state index in [4.69, 9.17) is 0 Å². The van der Waals surface area contributed by atoms with E-state index in [0.29, 0.717) is 18.8 Å². The molecule has 4 aromatic rings. The van der Waals surface area contributed by atoms with Crippen LogP contribution in [0.2, 0.25) is 0 Å². The molecule has 0 saturated carbocycles. The highest BCUT2D eigenvalue weighted by molar-refractivity contribution is 7.89. The second-order valence-corrected chi connectivity index (χ2v) is 10.1. The van der Waals surface area contributed by atoms with Crippen molar-refractivity contribution in [1.29, 1.82) is 0 Å². The van der Waals surface area contributed by atoms with Gasteiger partial charge in [-0.25, -0.2) is 13.1 Å². The molecule has 160 valence electrons. The minimum absolute atomic E-state index is 0.242. The maximum absolute atomic E-state index is 13.9. The van der Waals surface area contributed by atoms with Gasteiger partial charge < -0.3 is 0 Å². The van der Waals surface area contributed by atoms with Crippen LogP contribution in [0.25, 0.3) is 16.3 Å². The summed E-state index contributed by atoms with van der Waals surface area (Å²) in [6.45, 7) is 2.87. The van der Waals surface area contributed by atoms with Crippen LogP contribution >= 0.6 is 11.3 Å². The van der Waals surface area contributed by atoms with Crippen LogP contribution in [0.5, 0.6) is 0 Å². The van der Waals surface area contributed by atoms with E-state index in [9.17, 15) is 8.42 Å². The lowest BCUT2D eigenvalue weighted by Crippen LogP contribution is -2.31. The maximum Gasteiger partial charge on any atom is 0.247 e. The third-order valence-electron chi connectivity index (χ3n) is 5.04. The molecule has 0 aliphatic carbocycles. The Morgan fingerprint density at radius 2 is 1.68 bits per heavy atom. The van der Waals surface area contributed by atoms with Crippen LogP contribution in [-0.2, 0) is 16.6 Å². The molecule has 0 aliphatic rings. The topological polar surface area (TPSA) is 55.2 Å². The van der Waals surface area contributed by atoms with Gasteiger partial charge >= 0.3 is 0 Å². The molecule has 0 atom stereocenters. The highest BCUT2D eigenvalue weighted by Crippen LogP contribution is 2.33. The highest BCUT2D eigenvalue weighted by Gasteiger charge is 2.30. The molecule has 2 aromatic heterocycles. The second-order valence-electron chi connectivity index (χ2n) is 7.28. The minimum Gasteiger partial charge on any atom is -0.239 e. The molecule has 0 saturated heterocycles. The lowest BCUT2D eigenvalue weighted by atomic mass is 10.2. The summed E-state index contributed by atoms with van der Waals surface area (Å²) in [7, 11) is -3.76. The van der Waals surface area contributed by atoms with E-state index < -0.39 is 10.0 Å². The van der Waals surface area contributed by atoms with Gasteiger partial charge in [-0.05, 0) is 35.6 Å². The molecular formula is C24H25N3O2S2. The Balaban J connectivity index is 1.80. The predicted molar refractivity (Wildman–Crippen MR) is 126 cm³/mol. The largest absolute Gasteiger partial charge is 0.247 e. The minimum atomic E-state index is -3.76. The van der Waals surface area contributed by atoms with E-state index >= 15 is 0 Å². The van der Waals surface area contributed by atoms with Gasteiger partial charge in [0.05, 0.1) is 16.8 Å². The van der Waals surface area contributed by atoms with E-state index in [1.807, 2.05) is 78.2 Å². The molecule has 2 heterocycles. The Hall–Kier alpha value is -2.74. The normalized spacial score (nSPS) is 11.8. The first-order valence-electron chi connectivity index (χ1n) is 10.3. The standard InChI is InChI=1S/C24H25N3O2S2/c1-2-3-16-26(18-20-11-6-4-7-12-20)31(28,29)23-19-27(21-13-8-5-9-14-21)25-24(23)22-15-10-17-30-22/h4-15,17,19H,2-3,16,18H2,1H3. The quantitative estimate of drug-likeness (QED) is 0.333. The molecule has 4 rings (SSSR count). The average Bonchev–Trinajstić information content (AvgIpc) is 3.48. The Labute approximate surface area is 187 Å². The van der Waals surface area contributed by atoms with Crippen LogP contribution in [0.15, 0.2) is 89.3 Å². The zero-order valence-corrected chi connectivity index (χ0v) is 19.0. The summed E-state index contributed by atoms with van der Waals surface area (Å²) >= 11 is 1.49. The Morgan fingerprint density at radius 1 is 0.968 bits per heavy atom. The average molecular weight is 452 g/mol. The summed E-state index contributed by atoms with van der Waals surface area (Å²) in [5, 5.41) is 6.62. The van der Waals surface area contributed by atoms with Crippen molar-refractivity contribution in [2.75, 3.05) is 6.54 Å². The van der Waals surface area contributed by atoms with Crippen LogP contribution in [0, 0.1) is 0 Å². The monoisotopic (exact) mass is 451 g/mol. The SMILES string of the molecule is CCCCN(Cc1ccccc1)S(=O)(=O)c1cn(-c2ccccc2)nc1-c1cccs1. The fraction of sp³-hybridized carbons (Fsp3) is 0.208. The van der Waals surface area contributed by atoms with Crippen LogP contribution in [0.1, 0.15) is 25.3 Å². The smallest absolute Gasteiger partial charge is 0.239 e. The lowest BCUT2D eigenvalue weighted by molar-refractivity contribution is 0.398. The van der Waals surface area contributed by atoms with Gasteiger partial charge in [0, 0.05) is 13.1 Å². The van der Waals surface area contributed by atoms with Gasteiger partial charge in [-0.2, -0.15) is 9.40 Å². The number of unbranched alkanes of at least 4 members (excludes halogenated alkanes) is 1. The number of aromatic nitrogens is 2. The lowest BCUT2D eigenvalue weighted by Gasteiger charge is -2.22. The molecule has 0 radical (unpaired) electrons. The second kappa shape index (κ2) is 9.60. The van der Waals surface area contributed by atoms with Gasteiger partial charge in [-0.1, -0.05) is 67.9 Å². The van der Waals surface area contributed by atoms with Crippen molar-refractivity contribution >= 4 is 21.4 Å². The zero-order chi connectivity index (χ0) is 21.7. The molecule has 0 bridgehead atoms. The van der Waals surface area contributed by atoms with Gasteiger partial charge in [-0.3, -0.25) is 0 Å². The number of hydrogen-bond donors (Lipinski definition) is 0. The van der Waals surface area contributed by atoms with E-state index in [1.165, 1.54) is 11.3 Å². The van der Waals surface area contributed by atoms with E-state index in [0.717, 1.165) is 29.0 Å². The van der Waals surface area contributed by atoms with Crippen molar-refractivity contribution in [3.05, 3.63) is 89.9 Å². The number of para-hydroxylation sites is 1. The van der Waals surface area contributed by atoms with Crippen LogP contribution in [-0.4, -0.2) is 29.0 Å². The molecule has 2 aromatic carbocycles. The Morgan fingerprint density at radius 3 is 2.32 bits per heavy atom. The predicted octanol–water partition coefficient (Wildman–Crippen LogP) is 5.59. The van der Waals surface area contributed by atoms with Crippen molar-refractivity contribution in [3.63, 3.8) is 0 Å². The first-order valence-corrected chi connectivity index (χ1v) is 12.6. The zero-order valence-electron chi connectivity index (χ0n) is 17.4. The van der Waals surface area contributed by atoms with Gasteiger partial charge in [0.1, 0.15) is 10.6 Å². The first kappa shape index (κ1) is 21.5. The number of benzene rings is 2. The van der Waals surface area contributed by atoms with Crippen molar-refractivity contribution in [2.24, 2.45) is 0 Å². The van der Waals surface area contributed by atoms with E-state index in [1.54, 1.807) is 15.2 Å². The van der Waals surface area contributed by atoms with Crippen molar-refractivity contribution in [1.82, 2.24) is 14.1 Å². The molecule has 0 spiro atoms. The number of hydrogen-bond acceptors (Lipinski definition) is 4. The number of nitrogens with zero attached hydrogens (tertiary/aromatic N) is 3. The van der Waals surface area contributed by atoms with E-state index in [-0.39, 0.29) is 4.90 Å². The van der Waals surface area contributed by atoms with E-state index in [2.05, 4.69) is 12.0 Å². The molecule has 5 nitrogen and oxygen atoms in total. The van der Waals surface area contributed by atoms with Crippen molar-refractivity contribution < 1.29 is 8.42 Å².